The minimum absolute atomic E-state index is 0.0941. The van der Waals surface area contributed by atoms with Gasteiger partial charge in [0.1, 0.15) is 5.82 Å². The molecule has 0 atom stereocenters. The minimum atomic E-state index is -0.274. The molecule has 2 aromatic rings. The van der Waals surface area contributed by atoms with Gasteiger partial charge in [-0.3, -0.25) is 4.79 Å². The molecule has 0 unspecified atom stereocenters. The number of carbonyl (C=O) groups excluding carboxylic acids is 1. The van der Waals surface area contributed by atoms with Gasteiger partial charge in [-0.05, 0) is 37.1 Å². The molecular weight excluding hydrogens is 229 g/mol. The zero-order valence-corrected chi connectivity index (χ0v) is 11.4. The van der Waals surface area contributed by atoms with Crippen molar-refractivity contribution in [3.8, 4) is 0 Å². The first kappa shape index (κ1) is 14.4. The Morgan fingerprint density at radius 1 is 1.33 bits per heavy atom. The summed E-state index contributed by atoms with van der Waals surface area (Å²) in [4.78, 5) is 14.9. The fourth-order valence-corrected chi connectivity index (χ4v) is 1.93. The summed E-state index contributed by atoms with van der Waals surface area (Å²) in [5, 5.41) is 0.791. The van der Waals surface area contributed by atoms with Gasteiger partial charge in [0.25, 0.3) is 0 Å². The van der Waals surface area contributed by atoms with Gasteiger partial charge in [0.2, 0.25) is 0 Å². The first-order valence-corrected chi connectivity index (χ1v) is 6.44. The molecule has 0 bridgehead atoms. The van der Waals surface area contributed by atoms with Crippen LogP contribution in [0.25, 0.3) is 10.9 Å². The van der Waals surface area contributed by atoms with E-state index in [0.29, 0.717) is 12.1 Å². The van der Waals surface area contributed by atoms with E-state index in [9.17, 15) is 9.18 Å². The van der Waals surface area contributed by atoms with Crippen LogP contribution in [0.2, 0.25) is 0 Å². The van der Waals surface area contributed by atoms with Crippen molar-refractivity contribution >= 4 is 16.7 Å². The number of fused-ring (bicyclic) bond motifs is 1. The standard InChI is InChI=1S/C13H14FNO.C2H6/c1-3-4-12(16)13-8(2)10-7-9(14)5-6-11(10)15-13;1-2/h5-7,15H,3-4H2,1-2H3;1-2H3. The summed E-state index contributed by atoms with van der Waals surface area (Å²) in [7, 11) is 0. The molecule has 0 aliphatic rings. The fourth-order valence-electron chi connectivity index (χ4n) is 1.93. The highest BCUT2D eigenvalue weighted by molar-refractivity contribution is 6.02. The van der Waals surface area contributed by atoms with Crippen LogP contribution in [0.15, 0.2) is 18.2 Å². The number of rotatable bonds is 3. The molecule has 3 heteroatoms. The molecule has 0 saturated carbocycles. The molecule has 2 nitrogen and oxygen atoms in total. The lowest BCUT2D eigenvalue weighted by Crippen LogP contribution is -2.00. The summed E-state index contributed by atoms with van der Waals surface area (Å²) in [6, 6.07) is 4.52. The number of benzene rings is 1. The highest BCUT2D eigenvalue weighted by atomic mass is 19.1. The molecule has 1 aromatic carbocycles. The van der Waals surface area contributed by atoms with Gasteiger partial charge in [0.15, 0.2) is 5.78 Å². The van der Waals surface area contributed by atoms with E-state index >= 15 is 0 Å². The lowest BCUT2D eigenvalue weighted by Gasteiger charge is -1.96. The van der Waals surface area contributed by atoms with Crippen LogP contribution >= 0.6 is 0 Å². The van der Waals surface area contributed by atoms with Crippen LogP contribution in [-0.4, -0.2) is 10.8 Å². The Kier molecular flexibility index (Phi) is 5.08. The van der Waals surface area contributed by atoms with Crippen LogP contribution in [-0.2, 0) is 0 Å². The molecule has 2 rings (SSSR count). The van der Waals surface area contributed by atoms with E-state index in [4.69, 9.17) is 0 Å². The third-order valence-electron chi connectivity index (χ3n) is 2.78. The van der Waals surface area contributed by atoms with Gasteiger partial charge >= 0.3 is 0 Å². The molecule has 0 spiro atoms. The SMILES string of the molecule is CC.CCCC(=O)c1[nH]c2ccc(F)cc2c1C. The molecule has 0 amide bonds. The van der Waals surface area contributed by atoms with Crippen molar-refractivity contribution in [2.24, 2.45) is 0 Å². The molecule has 1 heterocycles. The van der Waals surface area contributed by atoms with Crippen molar-refractivity contribution in [1.82, 2.24) is 4.98 Å². The van der Waals surface area contributed by atoms with E-state index < -0.39 is 0 Å². The number of ketones is 1. The van der Waals surface area contributed by atoms with Crippen molar-refractivity contribution in [3.05, 3.63) is 35.3 Å². The maximum Gasteiger partial charge on any atom is 0.179 e. The largest absolute Gasteiger partial charge is 0.352 e. The van der Waals surface area contributed by atoms with E-state index in [0.717, 1.165) is 22.9 Å². The van der Waals surface area contributed by atoms with Crippen LogP contribution < -0.4 is 0 Å². The summed E-state index contributed by atoms with van der Waals surface area (Å²) in [5.74, 6) is -0.180. The second-order valence-corrected chi connectivity index (χ2v) is 3.99. The first-order chi connectivity index (χ1) is 8.63. The molecular formula is C15H20FNO. The van der Waals surface area contributed by atoms with Gasteiger partial charge in [-0.15, -0.1) is 0 Å². The predicted octanol–water partition coefficient (Wildman–Crippen LogP) is 4.62. The highest BCUT2D eigenvalue weighted by Gasteiger charge is 2.13. The maximum atomic E-state index is 13.1. The van der Waals surface area contributed by atoms with Gasteiger partial charge in [-0.1, -0.05) is 20.8 Å². The molecule has 0 aliphatic carbocycles. The quantitative estimate of drug-likeness (QED) is 0.791. The Balaban J connectivity index is 0.000000771. The molecule has 1 N–H and O–H groups in total. The monoisotopic (exact) mass is 249 g/mol. The molecule has 1 aromatic heterocycles. The Labute approximate surface area is 107 Å². The molecule has 98 valence electrons. The second-order valence-electron chi connectivity index (χ2n) is 3.99. The molecule has 0 aliphatic heterocycles. The van der Waals surface area contributed by atoms with Crippen LogP contribution in [0.1, 0.15) is 49.7 Å². The number of Topliss-reactive ketones (excluding diaryl/α,β-unsaturated/α-hetero) is 1. The normalized spacial score (nSPS) is 10.1. The van der Waals surface area contributed by atoms with Gasteiger partial charge in [0, 0.05) is 17.3 Å². The number of halogens is 1. The Hall–Kier alpha value is -1.64. The predicted molar refractivity (Wildman–Crippen MR) is 73.6 cm³/mol. The zero-order valence-electron chi connectivity index (χ0n) is 11.4. The smallest absolute Gasteiger partial charge is 0.179 e. The number of nitrogens with one attached hydrogen (secondary N) is 1. The number of carbonyl (C=O) groups is 1. The van der Waals surface area contributed by atoms with Crippen molar-refractivity contribution in [2.45, 2.75) is 40.5 Å². The topological polar surface area (TPSA) is 32.9 Å². The Morgan fingerprint density at radius 2 is 2.00 bits per heavy atom. The molecule has 0 fully saturated rings. The van der Waals surface area contributed by atoms with Crippen molar-refractivity contribution < 1.29 is 9.18 Å². The Bertz CT molecular complexity index is 543. The average molecular weight is 249 g/mol. The number of aromatic nitrogens is 1. The molecule has 18 heavy (non-hydrogen) atoms. The third-order valence-corrected chi connectivity index (χ3v) is 2.78. The van der Waals surface area contributed by atoms with Gasteiger partial charge in [-0.2, -0.15) is 0 Å². The third kappa shape index (κ3) is 2.78. The zero-order chi connectivity index (χ0) is 13.7. The minimum Gasteiger partial charge on any atom is -0.352 e. The van der Waals surface area contributed by atoms with Crippen molar-refractivity contribution in [1.29, 1.82) is 0 Å². The van der Waals surface area contributed by atoms with Gasteiger partial charge in [0.05, 0.1) is 5.69 Å². The summed E-state index contributed by atoms with van der Waals surface area (Å²) < 4.78 is 13.1. The van der Waals surface area contributed by atoms with Crippen molar-refractivity contribution in [3.63, 3.8) is 0 Å². The van der Waals surface area contributed by atoms with Crippen LogP contribution in [0.3, 0.4) is 0 Å². The first-order valence-electron chi connectivity index (χ1n) is 6.44. The van der Waals surface area contributed by atoms with E-state index in [-0.39, 0.29) is 11.6 Å². The van der Waals surface area contributed by atoms with E-state index in [2.05, 4.69) is 4.98 Å². The number of aromatic amines is 1. The number of hydrogen-bond donors (Lipinski definition) is 1. The molecule has 0 saturated heterocycles. The van der Waals surface area contributed by atoms with Crippen LogP contribution in [0.4, 0.5) is 4.39 Å². The maximum absolute atomic E-state index is 13.1. The Morgan fingerprint density at radius 3 is 2.61 bits per heavy atom. The number of aryl methyl sites for hydroxylation is 1. The summed E-state index contributed by atoms with van der Waals surface area (Å²) in [6.45, 7) is 7.82. The summed E-state index contributed by atoms with van der Waals surface area (Å²) in [5.41, 5.74) is 2.27. The highest BCUT2D eigenvalue weighted by Crippen LogP contribution is 2.23. The fraction of sp³-hybridized carbons (Fsp3) is 0.400. The van der Waals surface area contributed by atoms with E-state index in [1.54, 1.807) is 6.07 Å². The van der Waals surface area contributed by atoms with Crippen molar-refractivity contribution in [2.75, 3.05) is 0 Å². The van der Waals surface area contributed by atoms with Gasteiger partial charge in [-0.25, -0.2) is 4.39 Å². The summed E-state index contributed by atoms with van der Waals surface area (Å²) in [6.07, 6.45) is 1.35. The number of H-pyrrole nitrogens is 1. The van der Waals surface area contributed by atoms with E-state index in [1.807, 2.05) is 27.7 Å². The summed E-state index contributed by atoms with van der Waals surface area (Å²) >= 11 is 0. The van der Waals surface area contributed by atoms with Crippen LogP contribution in [0.5, 0.6) is 0 Å². The lowest BCUT2D eigenvalue weighted by atomic mass is 10.1. The average Bonchev–Trinajstić information content (AvgIpc) is 2.70. The molecule has 0 radical (unpaired) electrons. The second kappa shape index (κ2) is 6.34. The van der Waals surface area contributed by atoms with E-state index in [1.165, 1.54) is 12.1 Å². The lowest BCUT2D eigenvalue weighted by molar-refractivity contribution is 0.0977. The van der Waals surface area contributed by atoms with Gasteiger partial charge < -0.3 is 4.98 Å². The van der Waals surface area contributed by atoms with Crippen LogP contribution in [0, 0.1) is 12.7 Å². The number of hydrogen-bond acceptors (Lipinski definition) is 1.